The Morgan fingerprint density at radius 2 is 2.00 bits per heavy atom. The minimum atomic E-state index is -0.466. The summed E-state index contributed by atoms with van der Waals surface area (Å²) in [5.41, 5.74) is 0.00866. The van der Waals surface area contributed by atoms with Gasteiger partial charge in [0, 0.05) is 6.07 Å². The smallest absolute Gasteiger partial charge is 0.287 e. The van der Waals surface area contributed by atoms with Gasteiger partial charge in [0.1, 0.15) is 10.2 Å². The average molecular weight is 262 g/mol. The number of methoxy groups -OCH3 is 1. The van der Waals surface area contributed by atoms with Crippen molar-refractivity contribution in [1.29, 1.82) is 0 Å². The molecule has 78 valence electrons. The highest BCUT2D eigenvalue weighted by Crippen LogP contribution is 2.33. The van der Waals surface area contributed by atoms with Crippen molar-refractivity contribution in [1.82, 2.24) is 0 Å². The molecule has 5 heteroatoms. The first kappa shape index (κ1) is 12.9. The van der Waals surface area contributed by atoms with Gasteiger partial charge in [0.15, 0.2) is 0 Å². The van der Waals surface area contributed by atoms with E-state index in [1.165, 1.54) is 13.2 Å². The number of nitro benzene ring substituents is 1. The van der Waals surface area contributed by atoms with Gasteiger partial charge in [-0.1, -0.05) is 19.9 Å². The molecule has 0 aliphatic carbocycles. The Bertz CT molecular complexity index is 315. The third kappa shape index (κ3) is 2.99. The Kier molecular flexibility index (Phi) is 5.87. The van der Waals surface area contributed by atoms with Crippen LogP contribution in [0.15, 0.2) is 22.7 Å². The second-order valence-electron chi connectivity index (χ2n) is 2.05. The van der Waals surface area contributed by atoms with Crippen LogP contribution in [0.25, 0.3) is 0 Å². The summed E-state index contributed by atoms with van der Waals surface area (Å²) in [7, 11) is 1.46. The first-order chi connectivity index (χ1) is 6.66. The first-order valence-corrected chi connectivity index (χ1v) is 4.93. The van der Waals surface area contributed by atoms with Gasteiger partial charge in [0.2, 0.25) is 0 Å². The van der Waals surface area contributed by atoms with E-state index < -0.39 is 4.92 Å². The molecule has 0 radical (unpaired) electrons. The molecule has 0 aliphatic rings. The molecule has 1 rings (SSSR count). The van der Waals surface area contributed by atoms with Crippen molar-refractivity contribution in [2.45, 2.75) is 13.8 Å². The van der Waals surface area contributed by atoms with Crippen LogP contribution in [0.3, 0.4) is 0 Å². The summed E-state index contributed by atoms with van der Waals surface area (Å²) < 4.78 is 5.26. The fraction of sp³-hybridized carbons (Fsp3) is 0.333. The normalized spacial score (nSPS) is 8.57. The monoisotopic (exact) mass is 261 g/mol. The van der Waals surface area contributed by atoms with E-state index in [4.69, 9.17) is 4.74 Å². The van der Waals surface area contributed by atoms with Crippen molar-refractivity contribution in [3.05, 3.63) is 32.8 Å². The van der Waals surface area contributed by atoms with E-state index >= 15 is 0 Å². The van der Waals surface area contributed by atoms with Gasteiger partial charge in [-0.05, 0) is 22.0 Å². The maximum absolute atomic E-state index is 10.4. The standard InChI is InChI=1S/C7H6BrNO3.C2H6/c1-12-6-4-2-3-5(7(6)8)9(10)11;1-2/h2-4H,1H3;1-2H3. The topological polar surface area (TPSA) is 52.4 Å². The van der Waals surface area contributed by atoms with Crippen molar-refractivity contribution < 1.29 is 9.66 Å². The number of rotatable bonds is 2. The lowest BCUT2D eigenvalue weighted by Gasteiger charge is -2.01. The van der Waals surface area contributed by atoms with E-state index in [1.54, 1.807) is 12.1 Å². The summed E-state index contributed by atoms with van der Waals surface area (Å²) in [5.74, 6) is 0.462. The van der Waals surface area contributed by atoms with Crippen LogP contribution in [-0.2, 0) is 0 Å². The Morgan fingerprint density at radius 1 is 1.43 bits per heavy atom. The number of ether oxygens (including phenoxy) is 1. The molecule has 0 saturated heterocycles. The molecule has 4 nitrogen and oxygen atoms in total. The van der Waals surface area contributed by atoms with Gasteiger partial charge in [0.05, 0.1) is 12.0 Å². The number of halogens is 1. The summed E-state index contributed by atoms with van der Waals surface area (Å²) in [6.45, 7) is 4.00. The van der Waals surface area contributed by atoms with Gasteiger partial charge in [-0.3, -0.25) is 10.1 Å². The molecule has 0 amide bonds. The van der Waals surface area contributed by atoms with E-state index in [1.807, 2.05) is 13.8 Å². The summed E-state index contributed by atoms with van der Waals surface area (Å²) in [6, 6.07) is 4.63. The van der Waals surface area contributed by atoms with Crippen molar-refractivity contribution in [3.63, 3.8) is 0 Å². The van der Waals surface area contributed by atoms with Crippen molar-refractivity contribution in [2.75, 3.05) is 7.11 Å². The van der Waals surface area contributed by atoms with E-state index in [0.717, 1.165) is 0 Å². The quantitative estimate of drug-likeness (QED) is 0.606. The second kappa shape index (κ2) is 6.37. The molecule has 0 N–H and O–H groups in total. The van der Waals surface area contributed by atoms with Crippen molar-refractivity contribution in [3.8, 4) is 5.75 Å². The van der Waals surface area contributed by atoms with Crippen LogP contribution in [0.1, 0.15) is 13.8 Å². The number of hydrogen-bond acceptors (Lipinski definition) is 3. The predicted octanol–water partition coefficient (Wildman–Crippen LogP) is 3.39. The third-order valence-electron chi connectivity index (χ3n) is 1.36. The Morgan fingerprint density at radius 3 is 2.43 bits per heavy atom. The van der Waals surface area contributed by atoms with E-state index in [-0.39, 0.29) is 5.69 Å². The highest BCUT2D eigenvalue weighted by molar-refractivity contribution is 9.10. The molecule has 0 aromatic heterocycles. The summed E-state index contributed by atoms with van der Waals surface area (Å²) >= 11 is 3.08. The summed E-state index contributed by atoms with van der Waals surface area (Å²) in [4.78, 5) is 9.94. The molecule has 0 atom stereocenters. The summed E-state index contributed by atoms with van der Waals surface area (Å²) in [5, 5.41) is 10.4. The van der Waals surface area contributed by atoms with Crippen LogP contribution >= 0.6 is 15.9 Å². The Hall–Kier alpha value is -1.10. The van der Waals surface area contributed by atoms with E-state index in [0.29, 0.717) is 10.2 Å². The fourth-order valence-corrected chi connectivity index (χ4v) is 1.37. The maximum atomic E-state index is 10.4. The molecule has 1 aromatic rings. The van der Waals surface area contributed by atoms with Crippen molar-refractivity contribution in [2.24, 2.45) is 0 Å². The molecule has 0 spiro atoms. The minimum Gasteiger partial charge on any atom is -0.495 e. The SMILES string of the molecule is CC.COc1cccc([N+](=O)[O-])c1Br. The van der Waals surface area contributed by atoms with Crippen LogP contribution in [0.2, 0.25) is 0 Å². The average Bonchev–Trinajstić information content (AvgIpc) is 2.21. The molecule has 0 saturated carbocycles. The molecule has 0 unspecified atom stereocenters. The molecule has 0 bridgehead atoms. The zero-order valence-corrected chi connectivity index (χ0v) is 9.87. The number of nitrogens with zero attached hydrogens (tertiary/aromatic N) is 1. The number of nitro groups is 1. The fourth-order valence-electron chi connectivity index (χ4n) is 0.798. The lowest BCUT2D eigenvalue weighted by Crippen LogP contribution is -1.91. The Labute approximate surface area is 91.2 Å². The van der Waals surface area contributed by atoms with Crippen molar-refractivity contribution >= 4 is 21.6 Å². The largest absolute Gasteiger partial charge is 0.495 e. The molecule has 1 aromatic carbocycles. The maximum Gasteiger partial charge on any atom is 0.287 e. The lowest BCUT2D eigenvalue weighted by molar-refractivity contribution is -0.385. The van der Waals surface area contributed by atoms with Gasteiger partial charge in [-0.25, -0.2) is 0 Å². The summed E-state index contributed by atoms with van der Waals surface area (Å²) in [6.07, 6.45) is 0. The highest BCUT2D eigenvalue weighted by Gasteiger charge is 2.14. The zero-order chi connectivity index (χ0) is 11.1. The molecule has 0 fully saturated rings. The van der Waals surface area contributed by atoms with Gasteiger partial charge in [-0.15, -0.1) is 0 Å². The van der Waals surface area contributed by atoms with Gasteiger partial charge in [0.25, 0.3) is 5.69 Å². The van der Waals surface area contributed by atoms with E-state index in [2.05, 4.69) is 15.9 Å². The van der Waals surface area contributed by atoms with Gasteiger partial charge in [-0.2, -0.15) is 0 Å². The van der Waals surface area contributed by atoms with Crippen LogP contribution in [0, 0.1) is 10.1 Å². The highest BCUT2D eigenvalue weighted by atomic mass is 79.9. The minimum absolute atomic E-state index is 0.00866. The van der Waals surface area contributed by atoms with Gasteiger partial charge < -0.3 is 4.74 Å². The molecule has 0 aliphatic heterocycles. The second-order valence-corrected chi connectivity index (χ2v) is 2.84. The van der Waals surface area contributed by atoms with Crippen LogP contribution < -0.4 is 4.74 Å². The molecular formula is C9H12BrNO3. The molecule has 14 heavy (non-hydrogen) atoms. The predicted molar refractivity (Wildman–Crippen MR) is 58.7 cm³/mol. The van der Waals surface area contributed by atoms with Crippen LogP contribution in [0.5, 0.6) is 5.75 Å². The van der Waals surface area contributed by atoms with Crippen LogP contribution in [-0.4, -0.2) is 12.0 Å². The van der Waals surface area contributed by atoms with E-state index in [9.17, 15) is 10.1 Å². The first-order valence-electron chi connectivity index (χ1n) is 4.13. The number of benzene rings is 1. The molecular weight excluding hydrogens is 250 g/mol. The lowest BCUT2D eigenvalue weighted by atomic mass is 10.3. The number of hydrogen-bond donors (Lipinski definition) is 0. The van der Waals surface area contributed by atoms with Crippen LogP contribution in [0.4, 0.5) is 5.69 Å². The zero-order valence-electron chi connectivity index (χ0n) is 8.28. The Balaban J connectivity index is 0.000000791. The third-order valence-corrected chi connectivity index (χ3v) is 2.16. The molecule has 0 heterocycles. The van der Waals surface area contributed by atoms with Gasteiger partial charge >= 0.3 is 0 Å².